The Morgan fingerprint density at radius 1 is 0.889 bits per heavy atom. The van der Waals surface area contributed by atoms with Crippen LogP contribution in [0.2, 0.25) is 0 Å². The number of rotatable bonds is 7. The van der Waals surface area contributed by atoms with E-state index in [0.717, 1.165) is 6.07 Å². The third-order valence-electron chi connectivity index (χ3n) is 3.57. The van der Waals surface area contributed by atoms with E-state index in [-0.39, 0.29) is 5.39 Å². The van der Waals surface area contributed by atoms with Crippen LogP contribution in [0.15, 0.2) is 47.4 Å². The van der Waals surface area contributed by atoms with Crippen LogP contribution in [-0.2, 0) is 14.3 Å². The summed E-state index contributed by atoms with van der Waals surface area (Å²) in [7, 11) is -5.09. The number of benzene rings is 2. The van der Waals surface area contributed by atoms with Crippen LogP contribution in [0.4, 0.5) is 35.1 Å². The van der Waals surface area contributed by atoms with Crippen LogP contribution in [-0.4, -0.2) is 39.2 Å². The Labute approximate surface area is 147 Å². The predicted molar refractivity (Wildman–Crippen MR) is 77.9 cm³/mol. The average Bonchev–Trinajstić information content (AvgIpc) is 2.59. The molecule has 0 spiro atoms. The van der Waals surface area contributed by atoms with Gasteiger partial charge in [0.05, 0.1) is 0 Å². The molecule has 2 aromatic carbocycles. The summed E-state index contributed by atoms with van der Waals surface area (Å²) in [5.41, 5.74) is 0. The van der Waals surface area contributed by atoms with Crippen molar-refractivity contribution in [1.82, 2.24) is 0 Å². The van der Waals surface area contributed by atoms with Gasteiger partial charge in [0.1, 0.15) is 11.5 Å². The molecule has 0 atom stereocenters. The minimum atomic E-state index is -6.55. The summed E-state index contributed by atoms with van der Waals surface area (Å²) < 4.78 is 131. The molecule has 0 aliphatic heterocycles. The maximum Gasteiger partial charge on any atom is 0.380 e. The zero-order valence-corrected chi connectivity index (χ0v) is 13.8. The smallest absolute Gasteiger partial charge is 0.260 e. The Morgan fingerprint density at radius 2 is 1.44 bits per heavy atom. The van der Waals surface area contributed by atoms with Gasteiger partial charge in [0.25, 0.3) is 10.1 Å². The van der Waals surface area contributed by atoms with Crippen LogP contribution in [0.1, 0.15) is 0 Å². The molecule has 0 unspecified atom stereocenters. The fraction of sp³-hybridized carbons (Fsp3) is 0.333. The molecule has 0 saturated heterocycles. The van der Waals surface area contributed by atoms with Gasteiger partial charge in [0, 0.05) is 5.39 Å². The lowest BCUT2D eigenvalue weighted by atomic mass is 10.1. The minimum absolute atomic E-state index is 0.00649. The molecule has 0 aliphatic carbocycles. The van der Waals surface area contributed by atoms with Crippen molar-refractivity contribution in [2.24, 2.45) is 0 Å². The van der Waals surface area contributed by atoms with Gasteiger partial charge in [-0.1, -0.05) is 36.4 Å². The van der Waals surface area contributed by atoms with Crippen molar-refractivity contribution in [2.75, 3.05) is 6.61 Å². The highest BCUT2D eigenvalue weighted by atomic mass is 32.2. The maximum atomic E-state index is 13.5. The largest absolute Gasteiger partial charge is 0.380 e. The third kappa shape index (κ3) is 3.72. The zero-order chi connectivity index (χ0) is 20.7. The van der Waals surface area contributed by atoms with Crippen molar-refractivity contribution >= 4 is 20.9 Å². The highest BCUT2D eigenvalue weighted by Gasteiger charge is 2.75. The first kappa shape index (κ1) is 21.4. The summed E-state index contributed by atoms with van der Waals surface area (Å²) in [6, 6.07) is 9.23. The maximum absolute atomic E-state index is 13.5. The Balaban J connectivity index is 2.33. The van der Waals surface area contributed by atoms with Crippen molar-refractivity contribution in [3.8, 4) is 0 Å². The van der Waals surface area contributed by atoms with Crippen molar-refractivity contribution in [3.63, 3.8) is 0 Å². The highest BCUT2D eigenvalue weighted by Crippen LogP contribution is 2.48. The van der Waals surface area contributed by atoms with E-state index in [0.29, 0.717) is 5.39 Å². The lowest BCUT2D eigenvalue weighted by molar-refractivity contribution is -0.342. The summed E-state index contributed by atoms with van der Waals surface area (Å²) in [4.78, 5) is -0.680. The minimum Gasteiger partial charge on any atom is -0.260 e. The van der Waals surface area contributed by atoms with Gasteiger partial charge in [-0.25, -0.2) is 8.78 Å². The Hall–Kier alpha value is -1.95. The summed E-state index contributed by atoms with van der Waals surface area (Å²) >= 11 is 0. The van der Waals surface area contributed by atoms with Crippen LogP contribution in [0.3, 0.4) is 0 Å². The van der Waals surface area contributed by atoms with Gasteiger partial charge >= 0.3 is 24.2 Å². The second kappa shape index (κ2) is 6.89. The second-order valence-electron chi connectivity index (χ2n) is 5.40. The first-order valence-electron chi connectivity index (χ1n) is 7.03. The van der Waals surface area contributed by atoms with E-state index in [4.69, 9.17) is 0 Å². The van der Waals surface area contributed by atoms with Gasteiger partial charge in [-0.15, -0.1) is 0 Å². The number of hydrogen-bond acceptors (Lipinski definition) is 3. The van der Waals surface area contributed by atoms with Crippen molar-refractivity contribution in [3.05, 3.63) is 42.5 Å². The molecule has 0 aromatic heterocycles. The molecule has 0 heterocycles. The normalized spacial score (nSPS) is 14.1. The summed E-state index contributed by atoms with van der Waals surface area (Å²) in [6.07, 6.45) is -5.10. The molecule has 2 rings (SSSR count). The van der Waals surface area contributed by atoms with E-state index in [2.05, 4.69) is 4.18 Å². The number of hydrogen-bond donors (Lipinski definition) is 0. The Morgan fingerprint density at radius 3 is 2.04 bits per heavy atom. The fourth-order valence-corrected chi connectivity index (χ4v) is 3.23. The highest BCUT2D eigenvalue weighted by molar-refractivity contribution is 7.87. The average molecular weight is 422 g/mol. The summed E-state index contributed by atoms with van der Waals surface area (Å²) in [5.74, 6) is -18.9. The van der Waals surface area contributed by atoms with Crippen molar-refractivity contribution in [1.29, 1.82) is 0 Å². The molecule has 27 heavy (non-hydrogen) atoms. The molecule has 2 aromatic rings. The Kier molecular flexibility index (Phi) is 5.45. The fourth-order valence-electron chi connectivity index (χ4n) is 2.10. The molecular weight excluding hydrogens is 412 g/mol. The molecule has 0 N–H and O–H groups in total. The quantitative estimate of drug-likeness (QED) is 0.479. The molecule has 12 heteroatoms. The van der Waals surface area contributed by atoms with E-state index in [1.54, 1.807) is 0 Å². The lowest BCUT2D eigenvalue weighted by Crippen LogP contribution is -2.59. The molecule has 150 valence electrons. The summed E-state index contributed by atoms with van der Waals surface area (Å²) in [6.45, 7) is -2.76. The zero-order valence-electron chi connectivity index (χ0n) is 13.0. The standard InChI is InChI=1S/C15H10F8O3S/c16-12(17)14(20,21)15(22,23)13(18,19)8-26-27(24,25)11-7-3-5-9-4-1-2-6-10(9)11/h1-7,12H,8H2. The summed E-state index contributed by atoms with van der Waals surface area (Å²) in [5, 5.41) is 0.330. The number of fused-ring (bicyclic) bond motifs is 1. The van der Waals surface area contributed by atoms with E-state index >= 15 is 0 Å². The molecule has 0 radical (unpaired) electrons. The van der Waals surface area contributed by atoms with Crippen LogP contribution in [0.5, 0.6) is 0 Å². The first-order valence-corrected chi connectivity index (χ1v) is 8.43. The van der Waals surface area contributed by atoms with Gasteiger partial charge in [0.2, 0.25) is 0 Å². The van der Waals surface area contributed by atoms with E-state index < -0.39 is 45.8 Å². The van der Waals surface area contributed by atoms with Crippen molar-refractivity contribution < 1.29 is 47.7 Å². The van der Waals surface area contributed by atoms with Crippen LogP contribution < -0.4 is 0 Å². The number of alkyl halides is 8. The van der Waals surface area contributed by atoms with Crippen molar-refractivity contribution in [2.45, 2.75) is 29.1 Å². The molecule has 0 bridgehead atoms. The monoisotopic (exact) mass is 422 g/mol. The molecular formula is C15H10F8O3S. The van der Waals surface area contributed by atoms with Crippen LogP contribution >= 0.6 is 0 Å². The first-order chi connectivity index (χ1) is 12.2. The lowest BCUT2D eigenvalue weighted by Gasteiger charge is -2.31. The molecule has 0 amide bonds. The molecule has 0 saturated carbocycles. The predicted octanol–water partition coefficient (Wildman–Crippen LogP) is 4.72. The topological polar surface area (TPSA) is 43.4 Å². The molecule has 3 nitrogen and oxygen atoms in total. The van der Waals surface area contributed by atoms with Gasteiger partial charge in [-0.3, -0.25) is 4.18 Å². The van der Waals surface area contributed by atoms with Crippen LogP contribution in [0, 0.1) is 0 Å². The van der Waals surface area contributed by atoms with Gasteiger partial charge in [-0.2, -0.15) is 34.8 Å². The van der Waals surface area contributed by atoms with E-state index in [9.17, 15) is 43.5 Å². The van der Waals surface area contributed by atoms with Gasteiger partial charge < -0.3 is 0 Å². The van der Waals surface area contributed by atoms with Gasteiger partial charge in [0.15, 0.2) is 0 Å². The van der Waals surface area contributed by atoms with Gasteiger partial charge in [-0.05, 0) is 11.5 Å². The molecule has 0 fully saturated rings. The second-order valence-corrected chi connectivity index (χ2v) is 6.98. The third-order valence-corrected chi connectivity index (χ3v) is 4.89. The van der Waals surface area contributed by atoms with E-state index in [1.807, 2.05) is 0 Å². The Bertz CT molecular complexity index is 922. The van der Waals surface area contributed by atoms with E-state index in [1.165, 1.54) is 36.4 Å². The van der Waals surface area contributed by atoms with Crippen LogP contribution in [0.25, 0.3) is 10.8 Å². The SMILES string of the molecule is O=S(=O)(OCC(F)(F)C(F)(F)C(F)(F)C(F)F)c1cccc2ccccc12. The molecule has 0 aliphatic rings. The number of halogens is 8.